The normalized spacial score (nSPS) is 23.3. The molecule has 3 aliphatic rings. The van der Waals surface area contributed by atoms with Crippen LogP contribution in [0.15, 0.2) is 42.5 Å². The molecule has 0 spiro atoms. The summed E-state index contributed by atoms with van der Waals surface area (Å²) in [4.78, 5) is 15.5. The molecule has 2 heterocycles. The third kappa shape index (κ3) is 4.75. The number of fused-ring (bicyclic) bond motifs is 1. The van der Waals surface area contributed by atoms with E-state index in [1.54, 1.807) is 12.1 Å². The molecule has 1 aliphatic carbocycles. The molecule has 0 bridgehead atoms. The second-order valence-electron chi connectivity index (χ2n) is 9.79. The third-order valence-corrected chi connectivity index (χ3v) is 7.69. The van der Waals surface area contributed by atoms with E-state index >= 15 is 0 Å². The molecule has 31 heavy (non-hydrogen) atoms. The Balaban J connectivity index is 1.14. The lowest BCUT2D eigenvalue weighted by molar-refractivity contribution is 0.0895. The molecule has 1 atom stereocenters. The topological polar surface area (TPSA) is 32.3 Å². The van der Waals surface area contributed by atoms with Crippen molar-refractivity contribution in [2.75, 3.05) is 26.2 Å². The summed E-state index contributed by atoms with van der Waals surface area (Å²) < 4.78 is 13.1. The van der Waals surface area contributed by atoms with Crippen LogP contribution in [0.25, 0.3) is 0 Å². The van der Waals surface area contributed by atoms with Gasteiger partial charge in [-0.3, -0.25) is 9.69 Å². The first kappa shape index (κ1) is 20.8. The van der Waals surface area contributed by atoms with Crippen molar-refractivity contribution in [2.24, 2.45) is 11.8 Å². The number of carbonyl (C=O) groups is 1. The van der Waals surface area contributed by atoms with Gasteiger partial charge in [0.05, 0.1) is 0 Å². The molecular weight excluding hydrogens is 387 g/mol. The van der Waals surface area contributed by atoms with E-state index in [4.69, 9.17) is 0 Å². The maximum atomic E-state index is 13.1. The van der Waals surface area contributed by atoms with Gasteiger partial charge in [0, 0.05) is 18.0 Å². The molecule has 2 aliphatic heterocycles. The van der Waals surface area contributed by atoms with Gasteiger partial charge in [0.2, 0.25) is 0 Å². The van der Waals surface area contributed by atoms with Gasteiger partial charge in [0.15, 0.2) is 5.78 Å². The molecule has 1 unspecified atom stereocenters. The quantitative estimate of drug-likeness (QED) is 0.743. The smallest absolute Gasteiger partial charge is 0.166 e. The molecule has 3 nitrogen and oxygen atoms in total. The fourth-order valence-corrected chi connectivity index (χ4v) is 5.83. The fourth-order valence-electron chi connectivity index (χ4n) is 5.83. The van der Waals surface area contributed by atoms with Crippen LogP contribution in [0.1, 0.15) is 65.1 Å². The number of ketones is 1. The Morgan fingerprint density at radius 1 is 0.968 bits per heavy atom. The molecule has 2 saturated heterocycles. The lowest BCUT2D eigenvalue weighted by atomic mass is 9.85. The number of rotatable bonds is 5. The Hall–Kier alpha value is -2.04. The number of hydrogen-bond acceptors (Lipinski definition) is 3. The molecule has 164 valence electrons. The highest BCUT2D eigenvalue weighted by Gasteiger charge is 2.33. The second kappa shape index (κ2) is 9.22. The highest BCUT2D eigenvalue weighted by Crippen LogP contribution is 2.36. The van der Waals surface area contributed by atoms with Gasteiger partial charge in [0.1, 0.15) is 5.82 Å². The number of halogens is 1. The largest absolute Gasteiger partial charge is 0.317 e. The second-order valence-corrected chi connectivity index (χ2v) is 9.79. The van der Waals surface area contributed by atoms with Gasteiger partial charge in [-0.1, -0.05) is 30.3 Å². The van der Waals surface area contributed by atoms with Crippen molar-refractivity contribution in [3.63, 3.8) is 0 Å². The van der Waals surface area contributed by atoms with Gasteiger partial charge in [-0.05, 0) is 105 Å². The first-order valence-electron chi connectivity index (χ1n) is 12.0. The maximum absolute atomic E-state index is 13.1. The van der Waals surface area contributed by atoms with Gasteiger partial charge >= 0.3 is 0 Å². The average Bonchev–Trinajstić information content (AvgIpc) is 3.12. The fraction of sp³-hybridized carbons (Fsp3) is 0.519. The minimum atomic E-state index is -0.174. The summed E-state index contributed by atoms with van der Waals surface area (Å²) in [5.41, 5.74) is 4.88. The first-order chi connectivity index (χ1) is 15.2. The van der Waals surface area contributed by atoms with E-state index < -0.39 is 0 Å². The van der Waals surface area contributed by atoms with E-state index in [-0.39, 0.29) is 11.7 Å². The van der Waals surface area contributed by atoms with Crippen LogP contribution in [0.4, 0.5) is 4.39 Å². The summed E-state index contributed by atoms with van der Waals surface area (Å²) in [6, 6.07) is 13.5. The van der Waals surface area contributed by atoms with Crippen LogP contribution in [0.3, 0.4) is 0 Å². The summed E-state index contributed by atoms with van der Waals surface area (Å²) in [6.07, 6.45) is 6.67. The Morgan fingerprint density at radius 3 is 2.45 bits per heavy atom. The van der Waals surface area contributed by atoms with Gasteiger partial charge in [-0.2, -0.15) is 0 Å². The van der Waals surface area contributed by atoms with Crippen LogP contribution < -0.4 is 5.32 Å². The zero-order valence-electron chi connectivity index (χ0n) is 18.3. The monoisotopic (exact) mass is 420 g/mol. The van der Waals surface area contributed by atoms with Crippen molar-refractivity contribution < 1.29 is 9.18 Å². The molecule has 5 rings (SSSR count). The molecule has 0 radical (unpaired) electrons. The number of carbonyl (C=O) groups excluding carboxylic acids is 1. The predicted octanol–water partition coefficient (Wildman–Crippen LogP) is 4.95. The summed E-state index contributed by atoms with van der Waals surface area (Å²) in [6.45, 7) is 5.22. The molecule has 2 aromatic rings. The van der Waals surface area contributed by atoms with Gasteiger partial charge in [0.25, 0.3) is 0 Å². The number of hydrogen-bond donors (Lipinski definition) is 1. The van der Waals surface area contributed by atoms with Crippen LogP contribution in [-0.4, -0.2) is 36.9 Å². The van der Waals surface area contributed by atoms with Gasteiger partial charge in [-0.25, -0.2) is 4.39 Å². The van der Waals surface area contributed by atoms with Gasteiger partial charge < -0.3 is 5.32 Å². The first-order valence-corrected chi connectivity index (χ1v) is 12.0. The standard InChI is InChI=1S/C27H33FN2O/c28-25-4-1-20(2-5-25)18-30-13-9-19(10-14-30)15-24-17-23-16-22(3-6-26(23)27(24)31)21-7-11-29-12-8-21/h1-6,16,19,21,24,29H,7-15,17-18H2. The maximum Gasteiger partial charge on any atom is 0.166 e. The van der Waals surface area contributed by atoms with Crippen molar-refractivity contribution in [2.45, 2.75) is 51.0 Å². The molecule has 0 saturated carbocycles. The van der Waals surface area contributed by atoms with E-state index in [1.165, 1.54) is 29.5 Å². The van der Waals surface area contributed by atoms with Crippen LogP contribution in [0, 0.1) is 17.7 Å². The van der Waals surface area contributed by atoms with E-state index in [0.717, 1.165) is 64.0 Å². The Morgan fingerprint density at radius 2 is 1.71 bits per heavy atom. The van der Waals surface area contributed by atoms with Crippen molar-refractivity contribution in [1.82, 2.24) is 10.2 Å². The summed E-state index contributed by atoms with van der Waals surface area (Å²) in [7, 11) is 0. The Labute approximate surface area is 185 Å². The lowest BCUT2D eigenvalue weighted by Crippen LogP contribution is -2.34. The number of nitrogens with zero attached hydrogens (tertiary/aromatic N) is 1. The highest BCUT2D eigenvalue weighted by molar-refractivity contribution is 6.02. The van der Waals surface area contributed by atoms with E-state index in [1.807, 2.05) is 12.1 Å². The number of likely N-dealkylation sites (tertiary alicyclic amines) is 1. The van der Waals surface area contributed by atoms with Crippen molar-refractivity contribution >= 4 is 5.78 Å². The van der Waals surface area contributed by atoms with Crippen molar-refractivity contribution in [3.05, 3.63) is 70.5 Å². The molecule has 0 amide bonds. The number of Topliss-reactive ketones (excluding diaryl/α,β-unsaturated/α-hetero) is 1. The summed E-state index contributed by atoms with van der Waals surface area (Å²) in [5.74, 6) is 1.66. The van der Waals surface area contributed by atoms with Crippen molar-refractivity contribution in [1.29, 1.82) is 0 Å². The number of benzene rings is 2. The molecule has 4 heteroatoms. The van der Waals surface area contributed by atoms with E-state index in [0.29, 0.717) is 17.6 Å². The van der Waals surface area contributed by atoms with Crippen LogP contribution in [0.5, 0.6) is 0 Å². The molecule has 2 aromatic carbocycles. The van der Waals surface area contributed by atoms with Crippen LogP contribution in [-0.2, 0) is 13.0 Å². The van der Waals surface area contributed by atoms with Crippen LogP contribution >= 0.6 is 0 Å². The van der Waals surface area contributed by atoms with Gasteiger partial charge in [-0.15, -0.1) is 0 Å². The number of nitrogens with one attached hydrogen (secondary N) is 1. The predicted molar refractivity (Wildman–Crippen MR) is 122 cm³/mol. The number of piperidine rings is 2. The Bertz CT molecular complexity index is 911. The molecule has 1 N–H and O–H groups in total. The Kier molecular flexibility index (Phi) is 6.20. The van der Waals surface area contributed by atoms with E-state index in [9.17, 15) is 9.18 Å². The lowest BCUT2D eigenvalue weighted by Gasteiger charge is -2.33. The summed E-state index contributed by atoms with van der Waals surface area (Å²) >= 11 is 0. The average molecular weight is 421 g/mol. The minimum Gasteiger partial charge on any atom is -0.317 e. The third-order valence-electron chi connectivity index (χ3n) is 7.69. The van der Waals surface area contributed by atoms with Crippen molar-refractivity contribution in [3.8, 4) is 0 Å². The van der Waals surface area contributed by atoms with E-state index in [2.05, 4.69) is 28.4 Å². The highest BCUT2D eigenvalue weighted by atomic mass is 19.1. The van der Waals surface area contributed by atoms with Crippen LogP contribution in [0.2, 0.25) is 0 Å². The zero-order valence-corrected chi connectivity index (χ0v) is 18.3. The minimum absolute atomic E-state index is 0.173. The molecule has 0 aromatic heterocycles. The molecule has 2 fully saturated rings. The SMILES string of the molecule is O=C1c2ccc(C3CCNCC3)cc2CC1CC1CCN(Cc2ccc(F)cc2)CC1. The molecular formula is C27H33FN2O. The zero-order chi connectivity index (χ0) is 21.2. The summed E-state index contributed by atoms with van der Waals surface area (Å²) in [5, 5.41) is 3.44.